The van der Waals surface area contributed by atoms with Gasteiger partial charge in [-0.15, -0.1) is 0 Å². The Balaban J connectivity index is 2.27. The number of nitrogens with one attached hydrogen (secondary N) is 1. The SMILES string of the molecule is CCCCNc1cc(N(C)CCCC)nc(-c2ccccc2)n1. The number of hydrogen-bond acceptors (Lipinski definition) is 4. The molecule has 0 aliphatic heterocycles. The summed E-state index contributed by atoms with van der Waals surface area (Å²) in [6, 6.07) is 12.2. The van der Waals surface area contributed by atoms with Crippen molar-refractivity contribution in [3.05, 3.63) is 36.4 Å². The summed E-state index contributed by atoms with van der Waals surface area (Å²) in [4.78, 5) is 11.7. The van der Waals surface area contributed by atoms with Crippen molar-refractivity contribution in [2.45, 2.75) is 39.5 Å². The molecule has 1 N–H and O–H groups in total. The fourth-order valence-corrected chi connectivity index (χ4v) is 2.34. The first-order chi connectivity index (χ1) is 11.2. The van der Waals surface area contributed by atoms with Gasteiger partial charge in [-0.2, -0.15) is 0 Å². The van der Waals surface area contributed by atoms with Crippen LogP contribution in [-0.4, -0.2) is 30.1 Å². The van der Waals surface area contributed by atoms with Gasteiger partial charge in [-0.25, -0.2) is 9.97 Å². The van der Waals surface area contributed by atoms with Crippen molar-refractivity contribution < 1.29 is 0 Å². The number of anilines is 2. The largest absolute Gasteiger partial charge is 0.370 e. The number of rotatable bonds is 9. The number of hydrogen-bond donors (Lipinski definition) is 1. The summed E-state index contributed by atoms with van der Waals surface area (Å²) >= 11 is 0. The average Bonchev–Trinajstić information content (AvgIpc) is 2.60. The van der Waals surface area contributed by atoms with Crippen molar-refractivity contribution in [1.29, 1.82) is 0 Å². The quantitative estimate of drug-likeness (QED) is 0.687. The van der Waals surface area contributed by atoms with Crippen molar-refractivity contribution >= 4 is 11.6 Å². The molecule has 0 atom stereocenters. The van der Waals surface area contributed by atoms with Crippen molar-refractivity contribution in [2.24, 2.45) is 0 Å². The maximum atomic E-state index is 4.76. The van der Waals surface area contributed by atoms with Crippen LogP contribution in [0.4, 0.5) is 11.6 Å². The van der Waals surface area contributed by atoms with Crippen molar-refractivity contribution in [2.75, 3.05) is 30.4 Å². The second kappa shape index (κ2) is 9.13. The van der Waals surface area contributed by atoms with Gasteiger partial charge in [0.1, 0.15) is 11.6 Å². The lowest BCUT2D eigenvalue weighted by molar-refractivity contribution is 0.758. The lowest BCUT2D eigenvalue weighted by Gasteiger charge is -2.19. The van der Waals surface area contributed by atoms with Crippen LogP contribution in [0.25, 0.3) is 11.4 Å². The van der Waals surface area contributed by atoms with Crippen LogP contribution in [0, 0.1) is 0 Å². The summed E-state index contributed by atoms with van der Waals surface area (Å²) < 4.78 is 0. The predicted octanol–water partition coefficient (Wildman–Crippen LogP) is 4.59. The second-order valence-electron chi connectivity index (χ2n) is 5.86. The van der Waals surface area contributed by atoms with Crippen molar-refractivity contribution in [3.63, 3.8) is 0 Å². The molecule has 23 heavy (non-hydrogen) atoms. The van der Waals surface area contributed by atoms with E-state index in [0.717, 1.165) is 42.5 Å². The number of unbranched alkanes of at least 4 members (excludes halogenated alkanes) is 2. The molecule has 0 saturated heterocycles. The Morgan fingerprint density at radius 1 is 1.00 bits per heavy atom. The van der Waals surface area contributed by atoms with E-state index in [0.29, 0.717) is 0 Å². The molecule has 4 heteroatoms. The Bertz CT molecular complexity index is 583. The minimum atomic E-state index is 0.783. The standard InChI is InChI=1S/C19H28N4/c1-4-6-13-20-17-15-18(23(3)14-7-5-2)22-19(21-17)16-11-9-8-10-12-16/h8-12,15H,4-7,13-14H2,1-3H3,(H,20,21,22). The van der Waals surface area contributed by atoms with Crippen LogP contribution < -0.4 is 10.2 Å². The van der Waals surface area contributed by atoms with E-state index in [1.165, 1.54) is 19.3 Å². The Hall–Kier alpha value is -2.10. The number of benzene rings is 1. The molecule has 4 nitrogen and oxygen atoms in total. The van der Waals surface area contributed by atoms with Crippen LogP contribution in [0.5, 0.6) is 0 Å². The molecule has 0 spiro atoms. The maximum Gasteiger partial charge on any atom is 0.163 e. The Kier molecular flexibility index (Phi) is 6.85. The van der Waals surface area contributed by atoms with Gasteiger partial charge in [-0.1, -0.05) is 57.0 Å². The summed E-state index contributed by atoms with van der Waals surface area (Å²) in [6.07, 6.45) is 4.67. The van der Waals surface area contributed by atoms with Crippen LogP contribution in [0.3, 0.4) is 0 Å². The maximum absolute atomic E-state index is 4.76. The molecule has 0 fully saturated rings. The molecule has 0 amide bonds. The highest BCUT2D eigenvalue weighted by molar-refractivity contribution is 5.61. The Labute approximate surface area is 140 Å². The number of nitrogens with zero attached hydrogens (tertiary/aromatic N) is 3. The molecule has 124 valence electrons. The fraction of sp³-hybridized carbons (Fsp3) is 0.474. The summed E-state index contributed by atoms with van der Waals surface area (Å²) in [7, 11) is 2.10. The van der Waals surface area contributed by atoms with E-state index in [-0.39, 0.29) is 0 Å². The first-order valence-corrected chi connectivity index (χ1v) is 8.64. The summed E-state index contributed by atoms with van der Waals surface area (Å²) in [5.41, 5.74) is 1.05. The highest BCUT2D eigenvalue weighted by Crippen LogP contribution is 2.22. The first kappa shape index (κ1) is 17.3. The molecule has 0 aliphatic rings. The van der Waals surface area contributed by atoms with Gasteiger partial charge in [-0.3, -0.25) is 0 Å². The van der Waals surface area contributed by atoms with E-state index in [9.17, 15) is 0 Å². The van der Waals surface area contributed by atoms with Crippen LogP contribution in [0.15, 0.2) is 36.4 Å². The smallest absolute Gasteiger partial charge is 0.163 e. The zero-order valence-corrected chi connectivity index (χ0v) is 14.5. The van der Waals surface area contributed by atoms with E-state index < -0.39 is 0 Å². The normalized spacial score (nSPS) is 10.6. The van der Waals surface area contributed by atoms with Gasteiger partial charge < -0.3 is 10.2 Å². The third kappa shape index (κ3) is 5.23. The molecule has 2 aromatic rings. The first-order valence-electron chi connectivity index (χ1n) is 8.64. The van der Waals surface area contributed by atoms with Gasteiger partial charge in [0.2, 0.25) is 0 Å². The van der Waals surface area contributed by atoms with Crippen LogP contribution >= 0.6 is 0 Å². The molecule has 1 aromatic carbocycles. The molecule has 1 aromatic heterocycles. The van der Waals surface area contributed by atoms with Gasteiger partial charge in [0.25, 0.3) is 0 Å². The van der Waals surface area contributed by atoms with Crippen LogP contribution in [-0.2, 0) is 0 Å². The average molecular weight is 312 g/mol. The van der Waals surface area contributed by atoms with E-state index in [2.05, 4.69) is 54.3 Å². The molecule has 0 bridgehead atoms. The van der Waals surface area contributed by atoms with Gasteiger partial charge >= 0.3 is 0 Å². The van der Waals surface area contributed by atoms with E-state index in [4.69, 9.17) is 4.98 Å². The Morgan fingerprint density at radius 3 is 2.43 bits per heavy atom. The highest BCUT2D eigenvalue weighted by Gasteiger charge is 2.09. The minimum Gasteiger partial charge on any atom is -0.370 e. The third-order valence-electron chi connectivity index (χ3n) is 3.82. The van der Waals surface area contributed by atoms with Gasteiger partial charge in [0.05, 0.1) is 0 Å². The minimum absolute atomic E-state index is 0.783. The molecule has 0 unspecified atom stereocenters. The van der Waals surface area contributed by atoms with Crippen LogP contribution in [0.1, 0.15) is 39.5 Å². The monoisotopic (exact) mass is 312 g/mol. The molecule has 1 heterocycles. The fourth-order valence-electron chi connectivity index (χ4n) is 2.34. The van der Waals surface area contributed by atoms with E-state index in [1.54, 1.807) is 0 Å². The zero-order chi connectivity index (χ0) is 16.5. The van der Waals surface area contributed by atoms with E-state index in [1.807, 2.05) is 18.2 Å². The molecule has 0 saturated carbocycles. The summed E-state index contributed by atoms with van der Waals surface area (Å²) in [5, 5.41) is 3.43. The molecule has 0 radical (unpaired) electrons. The molecule has 2 rings (SSSR count). The zero-order valence-electron chi connectivity index (χ0n) is 14.5. The van der Waals surface area contributed by atoms with Gasteiger partial charge in [-0.05, 0) is 12.8 Å². The van der Waals surface area contributed by atoms with Crippen molar-refractivity contribution in [3.8, 4) is 11.4 Å². The topological polar surface area (TPSA) is 41.0 Å². The third-order valence-corrected chi connectivity index (χ3v) is 3.82. The summed E-state index contributed by atoms with van der Waals surface area (Å²) in [5.74, 6) is 2.67. The van der Waals surface area contributed by atoms with Gasteiger partial charge in [0, 0.05) is 31.8 Å². The molecular weight excluding hydrogens is 284 g/mol. The Morgan fingerprint density at radius 2 is 1.74 bits per heavy atom. The van der Waals surface area contributed by atoms with Gasteiger partial charge in [0.15, 0.2) is 5.82 Å². The van der Waals surface area contributed by atoms with Crippen molar-refractivity contribution in [1.82, 2.24) is 9.97 Å². The van der Waals surface area contributed by atoms with E-state index >= 15 is 0 Å². The molecule has 0 aliphatic carbocycles. The highest BCUT2D eigenvalue weighted by atomic mass is 15.2. The lowest BCUT2D eigenvalue weighted by Crippen LogP contribution is -2.20. The predicted molar refractivity (Wildman–Crippen MR) is 99.0 cm³/mol. The second-order valence-corrected chi connectivity index (χ2v) is 5.86. The molecular formula is C19H28N4. The van der Waals surface area contributed by atoms with Crippen LogP contribution in [0.2, 0.25) is 0 Å². The summed E-state index contributed by atoms with van der Waals surface area (Å²) in [6.45, 7) is 6.36. The lowest BCUT2D eigenvalue weighted by atomic mass is 10.2. The number of aromatic nitrogens is 2.